The molecule has 9 heteroatoms. The maximum absolute atomic E-state index is 12.6. The molecule has 4 rings (SSSR count). The summed E-state index contributed by atoms with van der Waals surface area (Å²) in [6, 6.07) is 16.9. The summed E-state index contributed by atoms with van der Waals surface area (Å²) in [5.41, 5.74) is 3.21. The van der Waals surface area contributed by atoms with Crippen molar-refractivity contribution in [3.05, 3.63) is 70.6 Å². The fourth-order valence-corrected chi connectivity index (χ4v) is 5.49. The number of carbonyl (C=O) groups excluding carboxylic acids is 3. The first-order chi connectivity index (χ1) is 17.9. The van der Waals surface area contributed by atoms with Gasteiger partial charge in [-0.15, -0.1) is 11.3 Å². The molecule has 0 fully saturated rings. The summed E-state index contributed by atoms with van der Waals surface area (Å²) in [6.07, 6.45) is 2.61. The van der Waals surface area contributed by atoms with Crippen molar-refractivity contribution in [3.8, 4) is 5.75 Å². The van der Waals surface area contributed by atoms with Gasteiger partial charge in [0, 0.05) is 16.3 Å². The second-order valence-corrected chi connectivity index (χ2v) is 9.89. The molecule has 0 bridgehead atoms. The fraction of sp³-hybridized carbons (Fsp3) is 0.321. The fourth-order valence-electron chi connectivity index (χ4n) is 4.07. The summed E-state index contributed by atoms with van der Waals surface area (Å²) in [7, 11) is 0. The SMILES string of the molecule is CCOC(=O)c1c(NC(=O)COC(=O)COc2ccc(Nc3ccccc3)cc2)sc2c1CC[C@H](C)C2. The van der Waals surface area contributed by atoms with Crippen LogP contribution in [-0.2, 0) is 31.9 Å². The van der Waals surface area contributed by atoms with Gasteiger partial charge in [-0.3, -0.25) is 4.79 Å². The summed E-state index contributed by atoms with van der Waals surface area (Å²) in [4.78, 5) is 38.3. The van der Waals surface area contributed by atoms with Crippen LogP contribution in [0, 0.1) is 5.92 Å². The Kier molecular flexibility index (Phi) is 8.79. The predicted octanol–water partition coefficient (Wildman–Crippen LogP) is 5.35. The molecular weight excluding hydrogens is 492 g/mol. The van der Waals surface area contributed by atoms with E-state index >= 15 is 0 Å². The van der Waals surface area contributed by atoms with Crippen LogP contribution in [0.4, 0.5) is 16.4 Å². The van der Waals surface area contributed by atoms with Crippen LogP contribution in [0.25, 0.3) is 0 Å². The highest BCUT2D eigenvalue weighted by molar-refractivity contribution is 7.17. The molecule has 0 aliphatic heterocycles. The van der Waals surface area contributed by atoms with Gasteiger partial charge in [0.1, 0.15) is 10.8 Å². The molecule has 2 aromatic carbocycles. The molecule has 1 heterocycles. The van der Waals surface area contributed by atoms with Crippen LogP contribution in [0.2, 0.25) is 0 Å². The number of rotatable bonds is 10. The minimum absolute atomic E-state index is 0.247. The van der Waals surface area contributed by atoms with E-state index in [1.807, 2.05) is 42.5 Å². The molecule has 0 saturated carbocycles. The summed E-state index contributed by atoms with van der Waals surface area (Å²) >= 11 is 1.39. The second kappa shape index (κ2) is 12.4. The third-order valence-corrected chi connectivity index (χ3v) is 7.05. The van der Waals surface area contributed by atoms with Crippen molar-refractivity contribution in [2.24, 2.45) is 5.92 Å². The molecule has 2 N–H and O–H groups in total. The molecule has 0 spiro atoms. The van der Waals surface area contributed by atoms with E-state index in [2.05, 4.69) is 17.6 Å². The molecule has 0 unspecified atom stereocenters. The summed E-state index contributed by atoms with van der Waals surface area (Å²) in [5, 5.41) is 6.44. The lowest BCUT2D eigenvalue weighted by molar-refractivity contribution is -0.149. The number of benzene rings is 2. The number of fused-ring (bicyclic) bond motifs is 1. The normalized spacial score (nSPS) is 14.3. The number of esters is 2. The lowest BCUT2D eigenvalue weighted by Crippen LogP contribution is -2.24. The van der Waals surface area contributed by atoms with Crippen LogP contribution >= 0.6 is 11.3 Å². The number of hydrogen-bond donors (Lipinski definition) is 2. The van der Waals surface area contributed by atoms with Crippen molar-refractivity contribution < 1.29 is 28.6 Å². The van der Waals surface area contributed by atoms with Gasteiger partial charge in [0.15, 0.2) is 13.2 Å². The van der Waals surface area contributed by atoms with Gasteiger partial charge >= 0.3 is 11.9 Å². The number of carbonyl (C=O) groups is 3. The largest absolute Gasteiger partial charge is 0.482 e. The molecule has 194 valence electrons. The predicted molar refractivity (Wildman–Crippen MR) is 143 cm³/mol. The average molecular weight is 523 g/mol. The monoisotopic (exact) mass is 522 g/mol. The Labute approximate surface area is 219 Å². The van der Waals surface area contributed by atoms with Crippen LogP contribution < -0.4 is 15.4 Å². The number of thiophene rings is 1. The maximum atomic E-state index is 12.6. The van der Waals surface area contributed by atoms with Gasteiger partial charge in [-0.05, 0) is 74.1 Å². The smallest absolute Gasteiger partial charge is 0.344 e. The summed E-state index contributed by atoms with van der Waals surface area (Å²) in [5.74, 6) is -0.631. The van der Waals surface area contributed by atoms with Crippen LogP contribution in [0.1, 0.15) is 41.1 Å². The lowest BCUT2D eigenvalue weighted by Gasteiger charge is -2.18. The first kappa shape index (κ1) is 26.2. The molecule has 0 radical (unpaired) electrons. The zero-order valence-corrected chi connectivity index (χ0v) is 21.7. The van der Waals surface area contributed by atoms with E-state index in [0.29, 0.717) is 22.2 Å². The van der Waals surface area contributed by atoms with Gasteiger partial charge in [-0.1, -0.05) is 25.1 Å². The molecule has 1 aliphatic carbocycles. The first-order valence-corrected chi connectivity index (χ1v) is 13.1. The van der Waals surface area contributed by atoms with Gasteiger partial charge in [-0.25, -0.2) is 9.59 Å². The highest BCUT2D eigenvalue weighted by Crippen LogP contribution is 2.40. The highest BCUT2D eigenvalue weighted by atomic mass is 32.1. The van der Waals surface area contributed by atoms with Gasteiger partial charge < -0.3 is 24.8 Å². The Morgan fingerprint density at radius 3 is 2.43 bits per heavy atom. The van der Waals surface area contributed by atoms with Crippen LogP contribution in [-0.4, -0.2) is 37.7 Å². The summed E-state index contributed by atoms with van der Waals surface area (Å²) in [6.45, 7) is 3.34. The van der Waals surface area contributed by atoms with E-state index in [9.17, 15) is 14.4 Å². The zero-order valence-electron chi connectivity index (χ0n) is 20.9. The molecule has 1 atom stereocenters. The molecular formula is C28H30N2O6S. The third-order valence-electron chi connectivity index (χ3n) is 5.88. The van der Waals surface area contributed by atoms with E-state index in [4.69, 9.17) is 14.2 Å². The molecule has 1 amide bonds. The standard InChI is InChI=1S/C28H30N2O6S/c1-3-34-28(33)26-22-14-9-18(2)15-23(22)37-27(26)30-24(31)16-36-25(32)17-35-21-12-10-20(11-13-21)29-19-7-5-4-6-8-19/h4-8,10-13,18,29H,3,9,14-17H2,1-2H3,(H,30,31)/t18-/m0/s1. The minimum atomic E-state index is -0.674. The van der Waals surface area contributed by atoms with E-state index < -0.39 is 24.5 Å². The van der Waals surface area contributed by atoms with Crippen LogP contribution in [0.5, 0.6) is 5.75 Å². The Morgan fingerprint density at radius 2 is 1.70 bits per heavy atom. The van der Waals surface area contributed by atoms with E-state index in [1.165, 1.54) is 11.3 Å². The number of amides is 1. The molecule has 1 aromatic heterocycles. The van der Waals surface area contributed by atoms with E-state index in [-0.39, 0.29) is 13.2 Å². The Balaban J connectivity index is 1.26. The van der Waals surface area contributed by atoms with Crippen LogP contribution in [0.3, 0.4) is 0 Å². The van der Waals surface area contributed by atoms with Crippen molar-refractivity contribution in [2.45, 2.75) is 33.1 Å². The number of hydrogen-bond acceptors (Lipinski definition) is 8. The van der Waals surface area contributed by atoms with Crippen molar-refractivity contribution in [1.29, 1.82) is 0 Å². The van der Waals surface area contributed by atoms with E-state index in [0.717, 1.165) is 41.1 Å². The first-order valence-electron chi connectivity index (χ1n) is 12.2. The van der Waals surface area contributed by atoms with E-state index in [1.54, 1.807) is 19.1 Å². The zero-order chi connectivity index (χ0) is 26.2. The quantitative estimate of drug-likeness (QED) is 0.346. The van der Waals surface area contributed by atoms with Gasteiger partial charge in [0.05, 0.1) is 12.2 Å². The minimum Gasteiger partial charge on any atom is -0.482 e. The topological polar surface area (TPSA) is 103 Å². The van der Waals surface area contributed by atoms with Crippen molar-refractivity contribution in [2.75, 3.05) is 30.5 Å². The van der Waals surface area contributed by atoms with Crippen molar-refractivity contribution >= 4 is 45.6 Å². The highest BCUT2D eigenvalue weighted by Gasteiger charge is 2.29. The Hall–Kier alpha value is -3.85. The molecule has 8 nitrogen and oxygen atoms in total. The van der Waals surface area contributed by atoms with Crippen molar-refractivity contribution in [1.82, 2.24) is 0 Å². The number of nitrogens with one attached hydrogen (secondary N) is 2. The number of ether oxygens (including phenoxy) is 3. The Morgan fingerprint density at radius 1 is 0.973 bits per heavy atom. The van der Waals surface area contributed by atoms with Gasteiger partial charge in [0.25, 0.3) is 5.91 Å². The molecule has 1 aliphatic rings. The number of anilines is 3. The molecule has 0 saturated heterocycles. The third kappa shape index (κ3) is 7.10. The lowest BCUT2D eigenvalue weighted by atomic mass is 9.88. The Bertz CT molecular complexity index is 1240. The van der Waals surface area contributed by atoms with Gasteiger partial charge in [0.2, 0.25) is 0 Å². The van der Waals surface area contributed by atoms with Crippen LogP contribution in [0.15, 0.2) is 54.6 Å². The summed E-state index contributed by atoms with van der Waals surface area (Å²) < 4.78 is 15.8. The molecule has 37 heavy (non-hydrogen) atoms. The number of para-hydroxylation sites is 1. The van der Waals surface area contributed by atoms with Crippen molar-refractivity contribution in [3.63, 3.8) is 0 Å². The maximum Gasteiger partial charge on any atom is 0.344 e. The second-order valence-electron chi connectivity index (χ2n) is 8.79. The molecule has 3 aromatic rings. The van der Waals surface area contributed by atoms with Gasteiger partial charge in [-0.2, -0.15) is 0 Å². The average Bonchev–Trinajstić information content (AvgIpc) is 3.24.